The van der Waals surface area contributed by atoms with Gasteiger partial charge in [-0.2, -0.15) is 0 Å². The summed E-state index contributed by atoms with van der Waals surface area (Å²) in [5, 5.41) is 3.62. The number of rotatable bonds is 5. The Labute approximate surface area is 130 Å². The predicted molar refractivity (Wildman–Crippen MR) is 93.2 cm³/mol. The van der Waals surface area contributed by atoms with Crippen LogP contribution in [0.5, 0.6) is 0 Å². The van der Waals surface area contributed by atoms with Crippen molar-refractivity contribution in [1.29, 1.82) is 0 Å². The normalized spacial score (nSPS) is 19.5. The Bertz CT molecular complexity index is 445. The monoisotopic (exact) mass is 288 g/mol. The molecular formula is C19H32N2. The van der Waals surface area contributed by atoms with Crippen molar-refractivity contribution >= 4 is 5.69 Å². The number of hydrogen-bond donors (Lipinski definition) is 1. The summed E-state index contributed by atoms with van der Waals surface area (Å²) in [6, 6.07) is 8.93. The van der Waals surface area contributed by atoms with E-state index in [1.165, 1.54) is 30.8 Å². The van der Waals surface area contributed by atoms with Gasteiger partial charge in [-0.05, 0) is 48.4 Å². The van der Waals surface area contributed by atoms with E-state index in [2.05, 4.69) is 69.1 Å². The summed E-state index contributed by atoms with van der Waals surface area (Å²) in [7, 11) is 0. The molecule has 1 heterocycles. The number of hydrogen-bond acceptors (Lipinski definition) is 2. The minimum Gasteiger partial charge on any atom is -0.371 e. The highest BCUT2D eigenvalue weighted by Gasteiger charge is 2.26. The third-order valence-corrected chi connectivity index (χ3v) is 4.32. The molecule has 1 aliphatic heterocycles. The Kier molecular flexibility index (Phi) is 5.32. The SMILES string of the molecule is CC(C)CNCC1CCN(c2ccccc2C(C)(C)C)C1. The van der Waals surface area contributed by atoms with Gasteiger partial charge in [-0.15, -0.1) is 0 Å². The largest absolute Gasteiger partial charge is 0.371 e. The fraction of sp³-hybridized carbons (Fsp3) is 0.684. The lowest BCUT2D eigenvalue weighted by molar-refractivity contribution is 0.477. The molecule has 0 aromatic heterocycles. The van der Waals surface area contributed by atoms with Crippen molar-refractivity contribution in [2.75, 3.05) is 31.1 Å². The molecule has 0 bridgehead atoms. The van der Waals surface area contributed by atoms with E-state index in [9.17, 15) is 0 Å². The van der Waals surface area contributed by atoms with Crippen LogP contribution in [0.4, 0.5) is 5.69 Å². The van der Waals surface area contributed by atoms with Crippen LogP contribution in [-0.4, -0.2) is 26.2 Å². The molecule has 2 nitrogen and oxygen atoms in total. The zero-order valence-corrected chi connectivity index (χ0v) is 14.4. The first-order valence-corrected chi connectivity index (χ1v) is 8.43. The van der Waals surface area contributed by atoms with Gasteiger partial charge in [0.25, 0.3) is 0 Å². The molecule has 1 unspecified atom stereocenters. The van der Waals surface area contributed by atoms with E-state index < -0.39 is 0 Å². The van der Waals surface area contributed by atoms with Gasteiger partial charge in [0.2, 0.25) is 0 Å². The van der Waals surface area contributed by atoms with Crippen molar-refractivity contribution in [3.05, 3.63) is 29.8 Å². The van der Waals surface area contributed by atoms with Crippen LogP contribution in [0.25, 0.3) is 0 Å². The van der Waals surface area contributed by atoms with Gasteiger partial charge in [-0.3, -0.25) is 0 Å². The van der Waals surface area contributed by atoms with Crippen LogP contribution < -0.4 is 10.2 Å². The summed E-state index contributed by atoms with van der Waals surface area (Å²) >= 11 is 0. The van der Waals surface area contributed by atoms with E-state index >= 15 is 0 Å². The van der Waals surface area contributed by atoms with E-state index in [4.69, 9.17) is 0 Å². The van der Waals surface area contributed by atoms with Crippen molar-refractivity contribution in [2.45, 2.75) is 46.5 Å². The van der Waals surface area contributed by atoms with Gasteiger partial charge in [-0.25, -0.2) is 0 Å². The molecule has 1 saturated heterocycles. The van der Waals surface area contributed by atoms with Crippen LogP contribution >= 0.6 is 0 Å². The Balaban J connectivity index is 1.99. The lowest BCUT2D eigenvalue weighted by atomic mass is 9.85. The second kappa shape index (κ2) is 6.83. The first-order valence-electron chi connectivity index (χ1n) is 8.43. The van der Waals surface area contributed by atoms with Crippen molar-refractivity contribution < 1.29 is 0 Å². The zero-order valence-electron chi connectivity index (χ0n) is 14.4. The minimum absolute atomic E-state index is 0.213. The molecule has 1 fully saturated rings. The average Bonchev–Trinajstić information content (AvgIpc) is 2.86. The Hall–Kier alpha value is -1.02. The summed E-state index contributed by atoms with van der Waals surface area (Å²) in [6.45, 7) is 16.2. The van der Waals surface area contributed by atoms with Gasteiger partial charge in [0.15, 0.2) is 0 Å². The maximum absolute atomic E-state index is 3.62. The topological polar surface area (TPSA) is 15.3 Å². The maximum atomic E-state index is 3.62. The van der Waals surface area contributed by atoms with Crippen LogP contribution in [0.2, 0.25) is 0 Å². The van der Waals surface area contributed by atoms with Crippen molar-refractivity contribution in [3.63, 3.8) is 0 Å². The van der Waals surface area contributed by atoms with Crippen LogP contribution in [0.15, 0.2) is 24.3 Å². The predicted octanol–water partition coefficient (Wildman–Crippen LogP) is 4.06. The van der Waals surface area contributed by atoms with E-state index in [0.29, 0.717) is 0 Å². The second-order valence-electron chi connectivity index (χ2n) is 7.92. The fourth-order valence-electron chi connectivity index (χ4n) is 3.18. The smallest absolute Gasteiger partial charge is 0.0404 e. The van der Waals surface area contributed by atoms with E-state index in [0.717, 1.165) is 24.9 Å². The molecular weight excluding hydrogens is 256 g/mol. The third kappa shape index (κ3) is 4.47. The fourth-order valence-corrected chi connectivity index (χ4v) is 3.18. The molecule has 118 valence electrons. The highest BCUT2D eigenvalue weighted by molar-refractivity contribution is 5.57. The summed E-state index contributed by atoms with van der Waals surface area (Å²) < 4.78 is 0. The zero-order chi connectivity index (χ0) is 15.5. The highest BCUT2D eigenvalue weighted by Crippen LogP contribution is 2.34. The van der Waals surface area contributed by atoms with Crippen molar-refractivity contribution in [2.24, 2.45) is 11.8 Å². The highest BCUT2D eigenvalue weighted by atomic mass is 15.2. The summed E-state index contributed by atoms with van der Waals surface area (Å²) in [5.74, 6) is 1.53. The second-order valence-corrected chi connectivity index (χ2v) is 7.92. The van der Waals surface area contributed by atoms with Crippen LogP contribution in [0, 0.1) is 11.8 Å². The molecule has 1 N–H and O–H groups in total. The summed E-state index contributed by atoms with van der Waals surface area (Å²) in [5.41, 5.74) is 3.13. The number of anilines is 1. The molecule has 1 atom stereocenters. The first kappa shape index (κ1) is 16.4. The first-order chi connectivity index (χ1) is 9.88. The van der Waals surface area contributed by atoms with Crippen LogP contribution in [-0.2, 0) is 5.41 Å². The summed E-state index contributed by atoms with van der Waals surface area (Å²) in [6.07, 6.45) is 1.31. The molecule has 0 radical (unpaired) electrons. The molecule has 1 aromatic carbocycles. The quantitative estimate of drug-likeness (QED) is 0.879. The van der Waals surface area contributed by atoms with E-state index in [-0.39, 0.29) is 5.41 Å². The van der Waals surface area contributed by atoms with Gasteiger partial charge < -0.3 is 10.2 Å². The molecule has 0 spiro atoms. The van der Waals surface area contributed by atoms with Crippen LogP contribution in [0.1, 0.15) is 46.6 Å². The Morgan fingerprint density at radius 2 is 1.95 bits per heavy atom. The van der Waals surface area contributed by atoms with Crippen molar-refractivity contribution in [3.8, 4) is 0 Å². The molecule has 1 aromatic rings. The number of nitrogens with zero attached hydrogens (tertiary/aromatic N) is 1. The molecule has 0 saturated carbocycles. The molecule has 0 aliphatic carbocycles. The lowest BCUT2D eigenvalue weighted by Crippen LogP contribution is -2.29. The molecule has 1 aliphatic rings. The standard InChI is InChI=1S/C19H32N2/c1-15(2)12-20-13-16-10-11-21(14-16)18-9-7-6-8-17(18)19(3,4)5/h6-9,15-16,20H,10-14H2,1-5H3. The van der Waals surface area contributed by atoms with E-state index in [1.54, 1.807) is 0 Å². The van der Waals surface area contributed by atoms with Gasteiger partial charge in [0.05, 0.1) is 0 Å². The van der Waals surface area contributed by atoms with Crippen LogP contribution in [0.3, 0.4) is 0 Å². The Morgan fingerprint density at radius 1 is 1.24 bits per heavy atom. The molecule has 2 heteroatoms. The number of nitrogens with one attached hydrogen (secondary N) is 1. The van der Waals surface area contributed by atoms with E-state index in [1.807, 2.05) is 0 Å². The average molecular weight is 288 g/mol. The van der Waals surface area contributed by atoms with Crippen molar-refractivity contribution in [1.82, 2.24) is 5.32 Å². The molecule has 21 heavy (non-hydrogen) atoms. The van der Waals surface area contributed by atoms with Gasteiger partial charge in [0.1, 0.15) is 0 Å². The summed E-state index contributed by atoms with van der Waals surface area (Å²) in [4.78, 5) is 2.59. The maximum Gasteiger partial charge on any atom is 0.0404 e. The van der Waals surface area contributed by atoms with Gasteiger partial charge in [-0.1, -0.05) is 52.8 Å². The third-order valence-electron chi connectivity index (χ3n) is 4.32. The minimum atomic E-state index is 0.213. The van der Waals surface area contributed by atoms with Gasteiger partial charge >= 0.3 is 0 Å². The molecule has 2 rings (SSSR count). The Morgan fingerprint density at radius 3 is 2.62 bits per heavy atom. The molecule has 0 amide bonds. The number of benzene rings is 1. The van der Waals surface area contributed by atoms with Gasteiger partial charge in [0, 0.05) is 18.8 Å². The lowest BCUT2D eigenvalue weighted by Gasteiger charge is -2.28. The number of para-hydroxylation sites is 1.